The number of rotatable bonds is 6. The molecule has 10 heteroatoms. The van der Waals surface area contributed by atoms with Crippen molar-refractivity contribution in [2.24, 2.45) is 7.05 Å². The number of nitrogens with zero attached hydrogens (tertiary/aromatic N) is 3. The average molecular weight is 475 g/mol. The molecule has 0 atom stereocenters. The summed E-state index contributed by atoms with van der Waals surface area (Å²) in [5.41, 5.74) is 0.0292. The summed E-state index contributed by atoms with van der Waals surface area (Å²) in [6.45, 7) is 2.79. The number of alkyl halides is 3. The number of carbonyl (C=O) groups is 1. The number of aromatic nitrogens is 1. The van der Waals surface area contributed by atoms with Gasteiger partial charge in [0.15, 0.2) is 0 Å². The van der Waals surface area contributed by atoms with Gasteiger partial charge in [0, 0.05) is 45.5 Å². The Morgan fingerprint density at radius 3 is 2.38 bits per heavy atom. The molecule has 1 aliphatic rings. The molecule has 0 unspecified atom stereocenters. The zero-order valence-electron chi connectivity index (χ0n) is 18.5. The summed E-state index contributed by atoms with van der Waals surface area (Å²) in [6.07, 6.45) is -1.35. The smallest absolute Gasteiger partial charge is 0.416 e. The van der Waals surface area contributed by atoms with Crippen LogP contribution in [0.5, 0.6) is 5.75 Å². The lowest BCUT2D eigenvalue weighted by molar-refractivity contribution is -0.137. The first-order chi connectivity index (χ1) is 16.2. The van der Waals surface area contributed by atoms with Gasteiger partial charge >= 0.3 is 6.18 Å². The molecule has 1 aliphatic heterocycles. The van der Waals surface area contributed by atoms with Gasteiger partial charge in [0.2, 0.25) is 11.2 Å². The molecule has 0 saturated carbocycles. The van der Waals surface area contributed by atoms with Crippen molar-refractivity contribution in [2.75, 3.05) is 26.2 Å². The van der Waals surface area contributed by atoms with Crippen molar-refractivity contribution in [1.29, 1.82) is 0 Å². The Bertz CT molecular complexity index is 1190. The van der Waals surface area contributed by atoms with Crippen molar-refractivity contribution >= 4 is 5.91 Å². The molecule has 180 valence electrons. The maximum Gasteiger partial charge on any atom is 0.416 e. The van der Waals surface area contributed by atoms with Gasteiger partial charge in [-0.15, -0.1) is 0 Å². The maximum atomic E-state index is 12.6. The summed E-state index contributed by atoms with van der Waals surface area (Å²) < 4.78 is 50.7. The summed E-state index contributed by atoms with van der Waals surface area (Å²) in [6, 6.07) is 9.54. The molecule has 1 amide bonds. The number of halogens is 3. The minimum absolute atomic E-state index is 0.00627. The van der Waals surface area contributed by atoms with Crippen molar-refractivity contribution in [2.45, 2.75) is 19.3 Å². The Morgan fingerprint density at radius 2 is 1.79 bits per heavy atom. The highest BCUT2D eigenvalue weighted by Gasteiger charge is 2.30. The van der Waals surface area contributed by atoms with Crippen molar-refractivity contribution in [3.05, 3.63) is 87.7 Å². The fourth-order valence-electron chi connectivity index (χ4n) is 3.75. The van der Waals surface area contributed by atoms with Gasteiger partial charge in [-0.2, -0.15) is 13.2 Å². The standard InChI is InChI=1S/C24H24F3N3O4/c1-28-8-2-3-20(28)23(32)30-11-9-29(10-12-30)14-19-13-21(31)22(16-33-19)34-15-17-4-6-18(7-5-17)24(25,26)27/h2-8,13,16H,9-12,14-15H2,1H3. The zero-order chi connectivity index (χ0) is 24.3. The predicted molar refractivity (Wildman–Crippen MR) is 117 cm³/mol. The maximum absolute atomic E-state index is 12.6. The molecule has 7 nitrogen and oxygen atoms in total. The number of hydrogen-bond donors (Lipinski definition) is 0. The van der Waals surface area contributed by atoms with Gasteiger partial charge in [0.1, 0.15) is 24.3 Å². The number of hydrogen-bond acceptors (Lipinski definition) is 5. The number of ether oxygens (including phenoxy) is 1. The van der Waals surface area contributed by atoms with Crippen LogP contribution in [0.4, 0.5) is 13.2 Å². The van der Waals surface area contributed by atoms with Crippen LogP contribution in [0, 0.1) is 0 Å². The Hall–Kier alpha value is -3.53. The Morgan fingerprint density at radius 1 is 1.09 bits per heavy atom. The SMILES string of the molecule is Cn1cccc1C(=O)N1CCN(Cc2cc(=O)c(OCc3ccc(C(F)(F)F)cc3)co2)CC1. The van der Waals surface area contributed by atoms with Crippen LogP contribution in [0.15, 0.2) is 64.1 Å². The van der Waals surface area contributed by atoms with Crippen LogP contribution < -0.4 is 10.2 Å². The van der Waals surface area contributed by atoms with Gasteiger partial charge in [0.25, 0.3) is 5.91 Å². The highest BCUT2D eigenvalue weighted by Crippen LogP contribution is 2.29. The first kappa shape index (κ1) is 23.6. The van der Waals surface area contributed by atoms with Gasteiger partial charge in [-0.3, -0.25) is 14.5 Å². The summed E-state index contributed by atoms with van der Waals surface area (Å²) in [5, 5.41) is 0. The largest absolute Gasteiger partial charge is 0.482 e. The van der Waals surface area contributed by atoms with Crippen LogP contribution in [0.25, 0.3) is 0 Å². The molecule has 0 radical (unpaired) electrons. The zero-order valence-corrected chi connectivity index (χ0v) is 18.5. The highest BCUT2D eigenvalue weighted by molar-refractivity contribution is 5.92. The quantitative estimate of drug-likeness (QED) is 0.546. The van der Waals surface area contributed by atoms with Gasteiger partial charge in [0.05, 0.1) is 12.1 Å². The number of carbonyl (C=O) groups excluding carboxylic acids is 1. The van der Waals surface area contributed by atoms with Crippen LogP contribution in [0.3, 0.4) is 0 Å². The minimum atomic E-state index is -4.40. The molecular weight excluding hydrogens is 451 g/mol. The molecule has 4 rings (SSSR count). The number of piperazine rings is 1. The van der Waals surface area contributed by atoms with E-state index in [1.807, 2.05) is 19.3 Å². The van der Waals surface area contributed by atoms with Gasteiger partial charge in [-0.1, -0.05) is 12.1 Å². The predicted octanol–water partition coefficient (Wildman–Crippen LogP) is 3.53. The normalized spacial score (nSPS) is 14.9. The van der Waals surface area contributed by atoms with Crippen LogP contribution in [-0.2, 0) is 26.4 Å². The molecule has 1 aromatic carbocycles. The van der Waals surface area contributed by atoms with Crippen molar-refractivity contribution in [1.82, 2.24) is 14.4 Å². The lowest BCUT2D eigenvalue weighted by Gasteiger charge is -2.34. The minimum Gasteiger partial charge on any atom is -0.482 e. The van der Waals surface area contributed by atoms with Crippen LogP contribution in [0.1, 0.15) is 27.4 Å². The molecule has 0 spiro atoms. The Kier molecular flexibility index (Phi) is 6.78. The third-order valence-electron chi connectivity index (χ3n) is 5.73. The van der Waals surface area contributed by atoms with Crippen LogP contribution >= 0.6 is 0 Å². The van der Waals surface area contributed by atoms with E-state index < -0.39 is 11.7 Å². The van der Waals surface area contributed by atoms with E-state index in [2.05, 4.69) is 4.90 Å². The van der Waals surface area contributed by atoms with E-state index in [4.69, 9.17) is 9.15 Å². The molecule has 3 aromatic rings. The fraction of sp³-hybridized carbons (Fsp3) is 0.333. The molecule has 3 heterocycles. The molecule has 1 fully saturated rings. The molecule has 34 heavy (non-hydrogen) atoms. The van der Waals surface area contributed by atoms with E-state index in [0.29, 0.717) is 49.7 Å². The summed E-state index contributed by atoms with van der Waals surface area (Å²) in [5.74, 6) is 0.448. The monoisotopic (exact) mass is 475 g/mol. The number of aryl methyl sites for hydroxylation is 1. The van der Waals surface area contributed by atoms with E-state index >= 15 is 0 Å². The van der Waals surface area contributed by atoms with E-state index in [0.717, 1.165) is 12.1 Å². The third-order valence-corrected chi connectivity index (χ3v) is 5.73. The second-order valence-electron chi connectivity index (χ2n) is 8.13. The van der Waals surface area contributed by atoms with Crippen LogP contribution in [-0.4, -0.2) is 46.5 Å². The first-order valence-electron chi connectivity index (χ1n) is 10.7. The van der Waals surface area contributed by atoms with Crippen molar-refractivity contribution < 1.29 is 27.1 Å². The summed E-state index contributed by atoms with van der Waals surface area (Å²) >= 11 is 0. The molecule has 0 bridgehead atoms. The van der Waals surface area contributed by atoms with Crippen LogP contribution in [0.2, 0.25) is 0 Å². The van der Waals surface area contributed by atoms with Gasteiger partial charge < -0.3 is 18.6 Å². The van der Waals surface area contributed by atoms with E-state index in [1.165, 1.54) is 24.5 Å². The Labute approximate surface area is 194 Å². The molecular formula is C24H24F3N3O4. The average Bonchev–Trinajstić information content (AvgIpc) is 3.24. The molecule has 0 N–H and O–H groups in total. The topological polar surface area (TPSA) is 67.9 Å². The van der Waals surface area contributed by atoms with Crippen molar-refractivity contribution in [3.8, 4) is 5.75 Å². The summed E-state index contributed by atoms with van der Waals surface area (Å²) in [7, 11) is 1.84. The van der Waals surface area contributed by atoms with Crippen molar-refractivity contribution in [3.63, 3.8) is 0 Å². The summed E-state index contributed by atoms with van der Waals surface area (Å²) in [4.78, 5) is 28.9. The van der Waals surface area contributed by atoms with E-state index in [-0.39, 0.29) is 23.7 Å². The molecule has 2 aromatic heterocycles. The van der Waals surface area contributed by atoms with E-state index in [9.17, 15) is 22.8 Å². The molecule has 0 aliphatic carbocycles. The number of amides is 1. The third kappa shape index (κ3) is 5.51. The van der Waals surface area contributed by atoms with Gasteiger partial charge in [-0.25, -0.2) is 0 Å². The lowest BCUT2D eigenvalue weighted by atomic mass is 10.1. The van der Waals surface area contributed by atoms with Gasteiger partial charge in [-0.05, 0) is 29.8 Å². The Balaban J connectivity index is 1.28. The second kappa shape index (κ2) is 9.76. The molecule has 1 saturated heterocycles. The van der Waals surface area contributed by atoms with E-state index in [1.54, 1.807) is 15.5 Å². The number of benzene rings is 1. The fourth-order valence-corrected chi connectivity index (χ4v) is 3.75. The second-order valence-corrected chi connectivity index (χ2v) is 8.13. The first-order valence-corrected chi connectivity index (χ1v) is 10.7. The highest BCUT2D eigenvalue weighted by atomic mass is 19.4. The lowest BCUT2D eigenvalue weighted by Crippen LogP contribution is -2.48.